The van der Waals surface area contributed by atoms with Crippen LogP contribution in [0.15, 0.2) is 4.99 Å². The summed E-state index contributed by atoms with van der Waals surface area (Å²) in [6.07, 6.45) is 5.71. The van der Waals surface area contributed by atoms with Crippen LogP contribution in [0.1, 0.15) is 59.3 Å². The SMILES string of the molecule is CN=C(NCC1CCN(C(=O)OC(C)(C)C)CC1)NCC1(C(=O)N(C)C)CCCC1. The maximum Gasteiger partial charge on any atom is 0.410 e. The molecule has 1 saturated heterocycles. The van der Waals surface area contributed by atoms with Gasteiger partial charge in [-0.25, -0.2) is 4.79 Å². The summed E-state index contributed by atoms with van der Waals surface area (Å²) in [6, 6.07) is 0. The van der Waals surface area contributed by atoms with Crippen molar-refractivity contribution in [3.63, 3.8) is 0 Å². The molecule has 0 radical (unpaired) electrons. The highest BCUT2D eigenvalue weighted by Gasteiger charge is 2.42. The molecule has 8 nitrogen and oxygen atoms in total. The Morgan fingerprint density at radius 3 is 2.23 bits per heavy atom. The summed E-state index contributed by atoms with van der Waals surface area (Å²) in [4.78, 5) is 32.8. The summed E-state index contributed by atoms with van der Waals surface area (Å²) in [5.74, 6) is 1.42. The van der Waals surface area contributed by atoms with E-state index in [2.05, 4.69) is 15.6 Å². The van der Waals surface area contributed by atoms with Crippen molar-refractivity contribution in [1.82, 2.24) is 20.4 Å². The third kappa shape index (κ3) is 6.77. The highest BCUT2D eigenvalue weighted by atomic mass is 16.6. The van der Waals surface area contributed by atoms with Crippen molar-refractivity contribution in [1.29, 1.82) is 0 Å². The van der Waals surface area contributed by atoms with Gasteiger partial charge >= 0.3 is 6.09 Å². The largest absolute Gasteiger partial charge is 0.444 e. The van der Waals surface area contributed by atoms with Gasteiger partial charge in [0.2, 0.25) is 5.91 Å². The van der Waals surface area contributed by atoms with Crippen LogP contribution in [0, 0.1) is 11.3 Å². The zero-order valence-corrected chi connectivity index (χ0v) is 19.7. The minimum absolute atomic E-state index is 0.206. The first-order valence-electron chi connectivity index (χ1n) is 11.2. The Labute approximate surface area is 181 Å². The standard InChI is InChI=1S/C22H41N5O3/c1-21(2,3)30-20(29)27-13-9-17(10-14-27)15-24-19(23-4)25-16-22(11-7-8-12-22)18(28)26(5)6/h17H,7-16H2,1-6H3,(H2,23,24,25). The number of likely N-dealkylation sites (tertiary alicyclic amines) is 1. The molecule has 2 fully saturated rings. The Balaban J connectivity index is 1.77. The molecule has 0 unspecified atom stereocenters. The number of nitrogens with one attached hydrogen (secondary N) is 2. The molecular formula is C22H41N5O3. The van der Waals surface area contributed by atoms with Gasteiger partial charge in [0.15, 0.2) is 5.96 Å². The predicted molar refractivity (Wildman–Crippen MR) is 119 cm³/mol. The van der Waals surface area contributed by atoms with E-state index in [1.54, 1.807) is 16.8 Å². The quantitative estimate of drug-likeness (QED) is 0.524. The van der Waals surface area contributed by atoms with Crippen LogP contribution in [0.25, 0.3) is 0 Å². The molecule has 0 aromatic carbocycles. The van der Waals surface area contributed by atoms with Crippen molar-refractivity contribution in [3.05, 3.63) is 0 Å². The highest BCUT2D eigenvalue weighted by molar-refractivity contribution is 5.85. The molecule has 1 heterocycles. The van der Waals surface area contributed by atoms with E-state index in [0.29, 0.717) is 25.6 Å². The number of amides is 2. The first-order chi connectivity index (χ1) is 14.1. The number of carbonyl (C=O) groups excluding carboxylic acids is 2. The molecule has 1 aliphatic heterocycles. The van der Waals surface area contributed by atoms with Crippen LogP contribution in [0.4, 0.5) is 4.79 Å². The lowest BCUT2D eigenvalue weighted by atomic mass is 9.84. The topological polar surface area (TPSA) is 86.3 Å². The number of guanidine groups is 1. The van der Waals surface area contributed by atoms with Crippen molar-refractivity contribution in [2.24, 2.45) is 16.3 Å². The van der Waals surface area contributed by atoms with Crippen LogP contribution >= 0.6 is 0 Å². The summed E-state index contributed by atoms with van der Waals surface area (Å²) >= 11 is 0. The van der Waals surface area contributed by atoms with E-state index in [1.807, 2.05) is 34.9 Å². The third-order valence-corrected chi connectivity index (χ3v) is 6.06. The molecule has 2 amide bonds. The van der Waals surface area contributed by atoms with Gasteiger partial charge < -0.3 is 25.2 Å². The van der Waals surface area contributed by atoms with E-state index in [1.165, 1.54) is 0 Å². The predicted octanol–water partition coefficient (Wildman–Crippen LogP) is 2.45. The molecular weight excluding hydrogens is 382 g/mol. The van der Waals surface area contributed by atoms with Crippen LogP contribution in [0.3, 0.4) is 0 Å². The summed E-state index contributed by atoms with van der Waals surface area (Å²) in [5, 5.41) is 6.80. The fourth-order valence-electron chi connectivity index (χ4n) is 4.35. The molecule has 172 valence electrons. The van der Waals surface area contributed by atoms with Gasteiger partial charge in [0.05, 0.1) is 5.41 Å². The van der Waals surface area contributed by atoms with Crippen molar-refractivity contribution in [3.8, 4) is 0 Å². The minimum Gasteiger partial charge on any atom is -0.444 e. The smallest absolute Gasteiger partial charge is 0.410 e. The van der Waals surface area contributed by atoms with E-state index in [4.69, 9.17) is 4.74 Å². The molecule has 0 atom stereocenters. The molecule has 0 spiro atoms. The lowest BCUT2D eigenvalue weighted by Crippen LogP contribution is -2.50. The fourth-order valence-corrected chi connectivity index (χ4v) is 4.35. The summed E-state index contributed by atoms with van der Waals surface area (Å²) < 4.78 is 5.47. The zero-order chi connectivity index (χ0) is 22.4. The summed E-state index contributed by atoms with van der Waals surface area (Å²) in [5.41, 5.74) is -0.780. The van der Waals surface area contributed by atoms with E-state index in [-0.39, 0.29) is 17.4 Å². The second-order valence-electron chi connectivity index (χ2n) is 9.90. The fraction of sp³-hybridized carbons (Fsp3) is 0.864. The first-order valence-corrected chi connectivity index (χ1v) is 11.2. The Morgan fingerprint density at radius 2 is 1.73 bits per heavy atom. The normalized spacial score (nSPS) is 20.1. The molecule has 2 N–H and O–H groups in total. The molecule has 8 heteroatoms. The molecule has 0 aromatic rings. The number of ether oxygens (including phenoxy) is 1. The number of carbonyl (C=O) groups is 2. The number of piperidine rings is 1. The Morgan fingerprint density at radius 1 is 1.13 bits per heavy atom. The van der Waals surface area contributed by atoms with Gasteiger partial charge in [-0.1, -0.05) is 12.8 Å². The number of rotatable bonds is 5. The lowest BCUT2D eigenvalue weighted by Gasteiger charge is -2.34. The van der Waals surface area contributed by atoms with Crippen molar-refractivity contribution in [2.75, 3.05) is 47.3 Å². The van der Waals surface area contributed by atoms with E-state index in [9.17, 15) is 9.59 Å². The molecule has 0 bridgehead atoms. The Kier molecular flexibility index (Phi) is 8.38. The summed E-state index contributed by atoms with van der Waals surface area (Å²) in [7, 11) is 5.42. The minimum atomic E-state index is -0.460. The Bertz CT molecular complexity index is 613. The molecule has 2 rings (SSSR count). The number of nitrogens with zero attached hydrogens (tertiary/aromatic N) is 3. The lowest BCUT2D eigenvalue weighted by molar-refractivity contribution is -0.138. The second kappa shape index (κ2) is 10.4. The molecule has 1 aliphatic carbocycles. The molecule has 1 saturated carbocycles. The van der Waals surface area contributed by atoms with Gasteiger partial charge in [-0.3, -0.25) is 9.79 Å². The molecule has 2 aliphatic rings. The molecule has 0 aromatic heterocycles. The van der Waals surface area contributed by atoms with E-state index in [0.717, 1.165) is 51.0 Å². The first kappa shape index (κ1) is 24.3. The van der Waals surface area contributed by atoms with Crippen LogP contribution in [0.2, 0.25) is 0 Å². The van der Waals surface area contributed by atoms with E-state index >= 15 is 0 Å². The van der Waals surface area contributed by atoms with Gasteiger partial charge in [0.25, 0.3) is 0 Å². The average Bonchev–Trinajstić information content (AvgIpc) is 3.16. The van der Waals surface area contributed by atoms with Crippen LogP contribution in [-0.4, -0.2) is 80.7 Å². The van der Waals surface area contributed by atoms with Crippen molar-refractivity contribution in [2.45, 2.75) is 64.9 Å². The maximum atomic E-state index is 12.7. The highest BCUT2D eigenvalue weighted by Crippen LogP contribution is 2.38. The van der Waals surface area contributed by atoms with E-state index < -0.39 is 5.60 Å². The monoisotopic (exact) mass is 423 g/mol. The number of hydrogen-bond donors (Lipinski definition) is 2. The van der Waals surface area contributed by atoms with Crippen LogP contribution in [-0.2, 0) is 9.53 Å². The average molecular weight is 424 g/mol. The van der Waals surface area contributed by atoms with Gasteiger partial charge in [0.1, 0.15) is 5.60 Å². The van der Waals surface area contributed by atoms with Gasteiger partial charge in [-0.2, -0.15) is 0 Å². The molecule has 30 heavy (non-hydrogen) atoms. The number of aliphatic imine (C=N–C) groups is 1. The second-order valence-corrected chi connectivity index (χ2v) is 9.90. The zero-order valence-electron chi connectivity index (χ0n) is 19.7. The van der Waals surface area contributed by atoms with Gasteiger partial charge in [-0.05, 0) is 52.4 Å². The Hall–Kier alpha value is -1.99. The van der Waals surface area contributed by atoms with Crippen LogP contribution < -0.4 is 10.6 Å². The third-order valence-electron chi connectivity index (χ3n) is 6.06. The van der Waals surface area contributed by atoms with Gasteiger partial charge in [0, 0.05) is 47.3 Å². The van der Waals surface area contributed by atoms with Crippen molar-refractivity contribution < 1.29 is 14.3 Å². The number of hydrogen-bond acceptors (Lipinski definition) is 4. The van der Waals surface area contributed by atoms with Gasteiger partial charge in [-0.15, -0.1) is 0 Å². The van der Waals surface area contributed by atoms with Crippen LogP contribution in [0.5, 0.6) is 0 Å². The maximum absolute atomic E-state index is 12.7. The summed E-state index contributed by atoms with van der Waals surface area (Å²) in [6.45, 7) is 8.52. The van der Waals surface area contributed by atoms with Crippen molar-refractivity contribution >= 4 is 18.0 Å².